The second-order valence-electron chi connectivity index (χ2n) is 4.61. The number of sulfonamides is 1. The second-order valence-corrected chi connectivity index (χ2v) is 6.62. The van der Waals surface area contributed by atoms with Gasteiger partial charge in [0.15, 0.2) is 0 Å². The van der Waals surface area contributed by atoms with Crippen LogP contribution in [0.3, 0.4) is 0 Å². The first-order chi connectivity index (χ1) is 9.73. The summed E-state index contributed by atoms with van der Waals surface area (Å²) in [6.07, 6.45) is 0.0793. The summed E-state index contributed by atoms with van der Waals surface area (Å²) in [5.41, 5.74) is 6.89. The molecule has 1 aromatic rings. The number of nitrogens with one attached hydrogen (secondary N) is 1. The summed E-state index contributed by atoms with van der Waals surface area (Å²) in [5, 5.41) is 2.45. The van der Waals surface area contributed by atoms with E-state index in [2.05, 4.69) is 5.32 Å². The molecule has 0 unspecified atom stereocenters. The predicted octanol–water partition coefficient (Wildman–Crippen LogP) is 0.342. The molecular formula is C13H21N3O4S. The normalized spacial score (nSPS) is 11.5. The maximum atomic E-state index is 12.5. The molecule has 0 atom stereocenters. The van der Waals surface area contributed by atoms with Crippen LogP contribution in [0.25, 0.3) is 0 Å². The fourth-order valence-electron chi connectivity index (χ4n) is 1.71. The number of methoxy groups -OCH3 is 1. The molecule has 0 heterocycles. The summed E-state index contributed by atoms with van der Waals surface area (Å²) in [7, 11) is 0.532. The van der Waals surface area contributed by atoms with Gasteiger partial charge >= 0.3 is 0 Å². The number of ether oxygens (including phenoxy) is 1. The number of nitrogens with zero attached hydrogens (tertiary/aromatic N) is 1. The molecule has 0 saturated carbocycles. The second kappa shape index (κ2) is 6.77. The Morgan fingerprint density at radius 2 is 2.05 bits per heavy atom. The van der Waals surface area contributed by atoms with Crippen molar-refractivity contribution in [1.29, 1.82) is 0 Å². The minimum absolute atomic E-state index is 0.00694. The van der Waals surface area contributed by atoms with Crippen LogP contribution in [0.2, 0.25) is 0 Å². The Hall–Kier alpha value is -1.80. The van der Waals surface area contributed by atoms with E-state index in [9.17, 15) is 13.2 Å². The van der Waals surface area contributed by atoms with Gasteiger partial charge in [-0.3, -0.25) is 4.79 Å². The van der Waals surface area contributed by atoms with Crippen LogP contribution >= 0.6 is 0 Å². The van der Waals surface area contributed by atoms with Crippen molar-refractivity contribution < 1.29 is 17.9 Å². The molecule has 1 aromatic carbocycles. The molecule has 8 heteroatoms. The van der Waals surface area contributed by atoms with Crippen LogP contribution in [0.4, 0.5) is 5.69 Å². The van der Waals surface area contributed by atoms with Crippen LogP contribution in [0.1, 0.15) is 12.0 Å². The van der Waals surface area contributed by atoms with E-state index in [0.717, 1.165) is 9.87 Å². The van der Waals surface area contributed by atoms with Gasteiger partial charge in [0.05, 0.1) is 7.11 Å². The summed E-state index contributed by atoms with van der Waals surface area (Å²) in [4.78, 5) is 11.2. The Morgan fingerprint density at radius 1 is 1.43 bits per heavy atom. The van der Waals surface area contributed by atoms with E-state index in [-0.39, 0.29) is 29.5 Å². The molecule has 7 nitrogen and oxygen atoms in total. The molecule has 0 aliphatic rings. The van der Waals surface area contributed by atoms with Gasteiger partial charge in [-0.25, -0.2) is 12.7 Å². The van der Waals surface area contributed by atoms with Crippen LogP contribution in [0.15, 0.2) is 17.0 Å². The molecule has 0 spiro atoms. The molecule has 0 aliphatic carbocycles. The molecule has 3 N–H and O–H groups in total. The van der Waals surface area contributed by atoms with Gasteiger partial charge in [0.25, 0.3) is 0 Å². The lowest BCUT2D eigenvalue weighted by Gasteiger charge is -2.19. The molecule has 0 saturated heterocycles. The lowest BCUT2D eigenvalue weighted by Crippen LogP contribution is -2.31. The molecule has 0 fully saturated rings. The van der Waals surface area contributed by atoms with E-state index in [1.165, 1.54) is 27.3 Å². The topological polar surface area (TPSA) is 102 Å². The first-order valence-electron chi connectivity index (χ1n) is 6.35. The summed E-state index contributed by atoms with van der Waals surface area (Å²) in [6, 6.07) is 2.95. The molecule has 1 rings (SSSR count). The third-order valence-electron chi connectivity index (χ3n) is 3.17. The molecule has 1 amide bonds. The SMILES string of the molecule is CNC(=O)CCN(C)S(=O)(=O)c1cc(N)c(C)cc1OC. The number of hydrogen-bond acceptors (Lipinski definition) is 5. The van der Waals surface area contributed by atoms with Crippen molar-refractivity contribution in [2.24, 2.45) is 0 Å². The highest BCUT2D eigenvalue weighted by atomic mass is 32.2. The van der Waals surface area contributed by atoms with Gasteiger partial charge in [-0.15, -0.1) is 0 Å². The lowest BCUT2D eigenvalue weighted by molar-refractivity contribution is -0.120. The Bertz CT molecular complexity index is 629. The number of benzene rings is 1. The van der Waals surface area contributed by atoms with Gasteiger partial charge in [-0.1, -0.05) is 0 Å². The number of carbonyl (C=O) groups excluding carboxylic acids is 1. The third-order valence-corrected chi connectivity index (χ3v) is 5.05. The lowest BCUT2D eigenvalue weighted by atomic mass is 10.2. The zero-order valence-corrected chi connectivity index (χ0v) is 13.5. The molecule has 0 aromatic heterocycles. The van der Waals surface area contributed by atoms with Crippen LogP contribution in [0.5, 0.6) is 5.75 Å². The van der Waals surface area contributed by atoms with E-state index in [0.29, 0.717) is 5.69 Å². The number of nitrogen functional groups attached to an aromatic ring is 1. The van der Waals surface area contributed by atoms with E-state index >= 15 is 0 Å². The number of rotatable bonds is 6. The fourth-order valence-corrected chi connectivity index (χ4v) is 3.05. The molecule has 118 valence electrons. The zero-order valence-electron chi connectivity index (χ0n) is 12.6. The monoisotopic (exact) mass is 315 g/mol. The van der Waals surface area contributed by atoms with Gasteiger partial charge in [0.2, 0.25) is 15.9 Å². The van der Waals surface area contributed by atoms with Crippen molar-refractivity contribution in [3.63, 3.8) is 0 Å². The fraction of sp³-hybridized carbons (Fsp3) is 0.462. The maximum Gasteiger partial charge on any atom is 0.246 e. The first kappa shape index (κ1) is 17.3. The van der Waals surface area contributed by atoms with Crippen LogP contribution in [0, 0.1) is 6.92 Å². The number of aryl methyl sites for hydroxylation is 1. The Balaban J connectivity index is 3.12. The van der Waals surface area contributed by atoms with E-state index in [1.54, 1.807) is 13.0 Å². The standard InChI is InChI=1S/C13H21N3O4S/c1-9-7-11(20-4)12(8-10(9)14)21(18,19)16(3)6-5-13(17)15-2/h7-8H,5-6,14H2,1-4H3,(H,15,17). The highest BCUT2D eigenvalue weighted by molar-refractivity contribution is 7.89. The van der Waals surface area contributed by atoms with Crippen LogP contribution < -0.4 is 15.8 Å². The average molecular weight is 315 g/mol. The van der Waals surface area contributed by atoms with Crippen molar-refractivity contribution in [2.45, 2.75) is 18.2 Å². The number of hydrogen-bond donors (Lipinski definition) is 2. The maximum absolute atomic E-state index is 12.5. The van der Waals surface area contributed by atoms with Crippen molar-refractivity contribution in [1.82, 2.24) is 9.62 Å². The smallest absolute Gasteiger partial charge is 0.246 e. The van der Waals surface area contributed by atoms with Crippen LogP contribution in [-0.4, -0.2) is 46.4 Å². The summed E-state index contributed by atoms with van der Waals surface area (Å²) in [5.74, 6) is 0.000859. The quantitative estimate of drug-likeness (QED) is 0.737. The predicted molar refractivity (Wildman–Crippen MR) is 80.6 cm³/mol. The molecule has 0 aliphatic heterocycles. The van der Waals surface area contributed by atoms with Crippen LogP contribution in [-0.2, 0) is 14.8 Å². The van der Waals surface area contributed by atoms with Crippen molar-refractivity contribution in [2.75, 3.05) is 33.5 Å². The number of nitrogens with two attached hydrogens (primary N) is 1. The molecule has 0 radical (unpaired) electrons. The van der Waals surface area contributed by atoms with Gasteiger partial charge in [-0.2, -0.15) is 0 Å². The minimum atomic E-state index is -3.78. The molecule has 21 heavy (non-hydrogen) atoms. The van der Waals surface area contributed by atoms with E-state index in [1.807, 2.05) is 0 Å². The van der Waals surface area contributed by atoms with E-state index < -0.39 is 10.0 Å². The number of amides is 1. The number of anilines is 1. The highest BCUT2D eigenvalue weighted by Crippen LogP contribution is 2.30. The summed E-state index contributed by atoms with van der Waals surface area (Å²) in [6.45, 7) is 1.84. The molecule has 0 bridgehead atoms. The van der Waals surface area contributed by atoms with Crippen molar-refractivity contribution >= 4 is 21.6 Å². The van der Waals surface area contributed by atoms with Gasteiger partial charge < -0.3 is 15.8 Å². The Labute approximate surface area is 125 Å². The Kier molecular flexibility index (Phi) is 5.56. The first-order valence-corrected chi connectivity index (χ1v) is 7.79. The summed E-state index contributed by atoms with van der Waals surface area (Å²) < 4.78 is 31.3. The Morgan fingerprint density at radius 3 is 2.57 bits per heavy atom. The van der Waals surface area contributed by atoms with Crippen molar-refractivity contribution in [3.05, 3.63) is 17.7 Å². The highest BCUT2D eigenvalue weighted by Gasteiger charge is 2.26. The largest absolute Gasteiger partial charge is 0.495 e. The minimum Gasteiger partial charge on any atom is -0.495 e. The van der Waals surface area contributed by atoms with Gasteiger partial charge in [0, 0.05) is 32.7 Å². The molecular weight excluding hydrogens is 294 g/mol. The van der Waals surface area contributed by atoms with Gasteiger partial charge in [0.1, 0.15) is 10.6 Å². The van der Waals surface area contributed by atoms with Crippen molar-refractivity contribution in [3.8, 4) is 5.75 Å². The van der Waals surface area contributed by atoms with E-state index in [4.69, 9.17) is 10.5 Å². The number of carbonyl (C=O) groups is 1. The third kappa shape index (κ3) is 3.85. The summed E-state index contributed by atoms with van der Waals surface area (Å²) >= 11 is 0. The van der Waals surface area contributed by atoms with Gasteiger partial charge in [-0.05, 0) is 24.6 Å². The average Bonchev–Trinajstić information content (AvgIpc) is 2.46. The zero-order chi connectivity index (χ0) is 16.2.